The largest absolute Gasteiger partial charge is 0.468 e. The topological polar surface area (TPSA) is 128 Å². The molecule has 6 rings (SSSR count). The third-order valence-corrected chi connectivity index (χ3v) is 11.8. The summed E-state index contributed by atoms with van der Waals surface area (Å²) >= 11 is 0. The fraction of sp³-hybridized carbons (Fsp3) is 0.512. The van der Waals surface area contributed by atoms with Crippen molar-refractivity contribution in [3.63, 3.8) is 0 Å². The van der Waals surface area contributed by atoms with Crippen LogP contribution >= 0.6 is 0 Å². The quantitative estimate of drug-likeness (QED) is 0.192. The predicted octanol–water partition coefficient (Wildman–Crippen LogP) is 4.69. The standard InChI is InChI=1S/C41H52N4O5/c1-10-20(4)15-16-50-34(46)14-13-27-23(7)30-17-28-21(5)25(11-2)32(42-28)18-29-22(6)26(12-3)33(43-29)19-31-24(8)35-39(45-31)36(38(27)44-30)37(40(35)47)41(48)49-9/h2,17-20,23,25,27,37-38,40,42-45,47H,10,12-16H2,1,3-9H3/b30-17-,31-19-,32-18-/t20?,23-,25-,27-,37+,38?,40-/m0/s1. The van der Waals surface area contributed by atoms with Crippen LogP contribution in [0.2, 0.25) is 0 Å². The van der Waals surface area contributed by atoms with E-state index in [4.69, 9.17) is 15.9 Å². The molecule has 8 bridgehead atoms. The number of terminal acetylenes is 1. The molecule has 5 heterocycles. The molecule has 1 fully saturated rings. The SMILES string of the molecule is C#C[C@H]1C(C)=C2/C=C3\NC(C4=c5[nH]/c(c(C)c5[C@H](O)[C@@H]4C(=O)OC)=C\c4[nH]c(c(C)c4CC)/C=C/1N2)[C@@H](CCC(=O)OCCC(C)CC)[C@@H]3C. The van der Waals surface area contributed by atoms with Crippen LogP contribution in [0.15, 0.2) is 28.7 Å². The van der Waals surface area contributed by atoms with Crippen LogP contribution in [0.4, 0.5) is 0 Å². The number of carbonyl (C=O) groups excluding carboxylic acids is 2. The lowest BCUT2D eigenvalue weighted by atomic mass is 9.80. The van der Waals surface area contributed by atoms with Crippen LogP contribution in [-0.4, -0.2) is 46.8 Å². The molecule has 4 aliphatic rings. The van der Waals surface area contributed by atoms with Crippen LogP contribution < -0.4 is 21.3 Å². The van der Waals surface area contributed by atoms with Gasteiger partial charge < -0.3 is 35.2 Å². The van der Waals surface area contributed by atoms with Crippen LogP contribution in [0.3, 0.4) is 0 Å². The van der Waals surface area contributed by atoms with E-state index >= 15 is 0 Å². The summed E-state index contributed by atoms with van der Waals surface area (Å²) in [6.45, 7) is 15.2. The smallest absolute Gasteiger partial charge is 0.315 e. The molecule has 0 saturated carbocycles. The third kappa shape index (κ3) is 6.02. The Hall–Kier alpha value is -4.42. The number of aromatic nitrogens is 2. The number of hydrogen-bond donors (Lipinski definition) is 5. The zero-order valence-corrected chi connectivity index (χ0v) is 30.7. The van der Waals surface area contributed by atoms with E-state index in [0.29, 0.717) is 24.5 Å². The average molecular weight is 681 g/mol. The maximum Gasteiger partial charge on any atom is 0.315 e. The predicted molar refractivity (Wildman–Crippen MR) is 195 cm³/mol. The average Bonchev–Trinajstić information content (AvgIpc) is 3.84. The first-order chi connectivity index (χ1) is 23.9. The van der Waals surface area contributed by atoms with Crippen molar-refractivity contribution < 1.29 is 24.2 Å². The Morgan fingerprint density at radius 3 is 2.50 bits per heavy atom. The minimum Gasteiger partial charge on any atom is -0.468 e. The van der Waals surface area contributed by atoms with E-state index in [0.717, 1.165) is 80.7 Å². The lowest BCUT2D eigenvalue weighted by molar-refractivity contribution is -0.147. The molecule has 9 heteroatoms. The first-order valence-electron chi connectivity index (χ1n) is 18.1. The summed E-state index contributed by atoms with van der Waals surface area (Å²) in [7, 11) is 1.36. The lowest BCUT2D eigenvalue weighted by Crippen LogP contribution is -2.37. The molecule has 3 aliphatic heterocycles. The highest BCUT2D eigenvalue weighted by Crippen LogP contribution is 2.45. The molecule has 0 amide bonds. The Kier molecular flexibility index (Phi) is 9.96. The van der Waals surface area contributed by atoms with E-state index in [9.17, 15) is 14.7 Å². The van der Waals surface area contributed by atoms with Gasteiger partial charge in [-0.3, -0.25) is 9.59 Å². The molecule has 9 nitrogen and oxygen atoms in total. The van der Waals surface area contributed by atoms with Gasteiger partial charge in [0.25, 0.3) is 0 Å². The van der Waals surface area contributed by atoms with Crippen molar-refractivity contribution in [2.24, 2.45) is 29.6 Å². The number of esters is 2. The van der Waals surface area contributed by atoms with Gasteiger partial charge in [0.05, 0.1) is 31.8 Å². The summed E-state index contributed by atoms with van der Waals surface area (Å²) < 4.78 is 11.0. The van der Waals surface area contributed by atoms with Crippen LogP contribution in [0.5, 0.6) is 0 Å². The number of hydrogen-bond acceptors (Lipinski definition) is 7. The zero-order valence-electron chi connectivity index (χ0n) is 30.7. The van der Waals surface area contributed by atoms with Gasteiger partial charge in [0.1, 0.15) is 5.92 Å². The molecule has 0 aromatic carbocycles. The Labute approximate surface area is 295 Å². The first kappa shape index (κ1) is 35.4. The molecular weight excluding hydrogens is 628 g/mol. The molecule has 50 heavy (non-hydrogen) atoms. The minimum absolute atomic E-state index is 0.0167. The number of ether oxygens (including phenoxy) is 2. The van der Waals surface area contributed by atoms with E-state index < -0.39 is 18.0 Å². The van der Waals surface area contributed by atoms with Gasteiger partial charge >= 0.3 is 11.9 Å². The van der Waals surface area contributed by atoms with Crippen molar-refractivity contribution in [1.82, 2.24) is 20.6 Å². The number of carbonyl (C=O) groups is 2. The summed E-state index contributed by atoms with van der Waals surface area (Å²) in [6.07, 6.45) is 14.9. The van der Waals surface area contributed by atoms with Crippen LogP contribution in [0, 0.1) is 55.8 Å². The molecule has 1 aliphatic carbocycles. The van der Waals surface area contributed by atoms with E-state index in [1.54, 1.807) is 0 Å². The summed E-state index contributed by atoms with van der Waals surface area (Å²) in [4.78, 5) is 33.8. The molecule has 266 valence electrons. The number of rotatable bonds is 9. The highest BCUT2D eigenvalue weighted by Gasteiger charge is 2.49. The fourth-order valence-electron chi connectivity index (χ4n) is 8.42. The number of aliphatic hydroxyl groups excluding tert-OH is 1. The van der Waals surface area contributed by atoms with Crippen molar-refractivity contribution in [1.29, 1.82) is 0 Å². The van der Waals surface area contributed by atoms with Gasteiger partial charge in [-0.05, 0) is 97.9 Å². The maximum atomic E-state index is 13.5. The zero-order chi connectivity index (χ0) is 36.0. The normalized spacial score (nSPS) is 28.4. The summed E-state index contributed by atoms with van der Waals surface area (Å²) in [5, 5.41) is 20.9. The summed E-state index contributed by atoms with van der Waals surface area (Å²) in [6, 6.07) is -0.366. The molecule has 0 spiro atoms. The second-order valence-electron chi connectivity index (χ2n) is 14.6. The molecule has 2 aromatic rings. The number of H-pyrrole nitrogens is 2. The van der Waals surface area contributed by atoms with Crippen LogP contribution in [-0.2, 0) is 25.5 Å². The number of aromatic amines is 2. The van der Waals surface area contributed by atoms with Gasteiger partial charge in [-0.25, -0.2) is 0 Å². The van der Waals surface area contributed by atoms with E-state index in [1.807, 2.05) is 6.92 Å². The van der Waals surface area contributed by atoms with Gasteiger partial charge in [0.15, 0.2) is 0 Å². The van der Waals surface area contributed by atoms with Gasteiger partial charge in [-0.2, -0.15) is 0 Å². The van der Waals surface area contributed by atoms with Crippen LogP contribution in [0.25, 0.3) is 17.7 Å². The molecule has 7 atom stereocenters. The van der Waals surface area contributed by atoms with E-state index in [2.05, 4.69) is 86.3 Å². The molecule has 2 unspecified atom stereocenters. The van der Waals surface area contributed by atoms with Gasteiger partial charge in [0, 0.05) is 57.1 Å². The van der Waals surface area contributed by atoms with Crippen molar-refractivity contribution >= 4 is 29.7 Å². The Morgan fingerprint density at radius 2 is 1.82 bits per heavy atom. The number of methoxy groups -OCH3 is 1. The number of nitrogens with one attached hydrogen (secondary N) is 4. The van der Waals surface area contributed by atoms with Gasteiger partial charge in [0.2, 0.25) is 0 Å². The summed E-state index contributed by atoms with van der Waals surface area (Å²) in [5.41, 5.74) is 10.5. The maximum absolute atomic E-state index is 13.5. The first-order valence-corrected chi connectivity index (χ1v) is 18.1. The minimum atomic E-state index is -1.09. The Bertz CT molecular complexity index is 1970. The molecule has 1 saturated heterocycles. The highest BCUT2D eigenvalue weighted by atomic mass is 16.5. The molecular formula is C41H52N4O5. The second kappa shape index (κ2) is 14.1. The third-order valence-electron chi connectivity index (χ3n) is 11.8. The van der Waals surface area contributed by atoms with Crippen molar-refractivity contribution in [3.8, 4) is 12.3 Å². The number of allylic oxidation sites excluding steroid dienone is 3. The lowest BCUT2D eigenvalue weighted by Gasteiger charge is -2.27. The monoisotopic (exact) mass is 680 g/mol. The van der Waals surface area contributed by atoms with Gasteiger partial charge in [-0.15, -0.1) is 6.42 Å². The van der Waals surface area contributed by atoms with Crippen molar-refractivity contribution in [2.45, 2.75) is 92.7 Å². The fourth-order valence-corrected chi connectivity index (χ4v) is 8.42. The molecule has 5 N–H and O–H groups in total. The molecule has 2 aromatic heterocycles. The van der Waals surface area contributed by atoms with Crippen molar-refractivity contribution in [3.05, 3.63) is 73.1 Å². The van der Waals surface area contributed by atoms with E-state index in [1.165, 1.54) is 12.7 Å². The highest BCUT2D eigenvalue weighted by molar-refractivity contribution is 5.88. The molecule has 0 radical (unpaired) electrons. The second-order valence-corrected chi connectivity index (χ2v) is 14.6. The van der Waals surface area contributed by atoms with Gasteiger partial charge in [-0.1, -0.05) is 40.0 Å². The number of fused-ring (bicyclic) bond motifs is 8. The van der Waals surface area contributed by atoms with Crippen molar-refractivity contribution in [2.75, 3.05) is 13.7 Å². The Morgan fingerprint density at radius 1 is 1.06 bits per heavy atom. The number of aliphatic hydroxyl groups is 1. The van der Waals surface area contributed by atoms with E-state index in [-0.39, 0.29) is 36.2 Å². The summed E-state index contributed by atoms with van der Waals surface area (Å²) in [5.74, 6) is 1.54. The van der Waals surface area contributed by atoms with Crippen LogP contribution in [0.1, 0.15) is 100 Å². The Balaban J connectivity index is 1.54.